The molecule has 0 radical (unpaired) electrons. The van der Waals surface area contributed by atoms with Crippen molar-refractivity contribution in [2.45, 2.75) is 39.0 Å². The third-order valence-corrected chi connectivity index (χ3v) is 17.3. The Morgan fingerprint density at radius 1 is 0.391 bits per heavy atom. The summed E-state index contributed by atoms with van der Waals surface area (Å²) in [5, 5.41) is 4.84. The number of nitrogens with zero attached hydrogens (tertiary/aromatic N) is 20. The number of methoxy groups -OCH3 is 1. The highest BCUT2D eigenvalue weighted by molar-refractivity contribution is 9.11. The number of halogens is 3. The molecule has 15 aromatic rings. The van der Waals surface area contributed by atoms with Gasteiger partial charge in [0.15, 0.2) is 52.0 Å². The minimum Gasteiger partial charge on any atom is -0.481 e. The number of thiazole rings is 1. The van der Waals surface area contributed by atoms with E-state index in [0.29, 0.717) is 109 Å². The van der Waals surface area contributed by atoms with Crippen LogP contribution in [0.5, 0.6) is 63.4 Å². The lowest BCUT2D eigenvalue weighted by atomic mass is 10.1. The van der Waals surface area contributed by atoms with E-state index in [-0.39, 0.29) is 66.7 Å². The first-order chi connectivity index (χ1) is 56.0. The second-order valence-electron chi connectivity index (χ2n) is 23.4. The number of ketones is 5. The van der Waals surface area contributed by atoms with Crippen molar-refractivity contribution < 1.29 is 56.8 Å². The minimum atomic E-state index is -0.445. The number of carbonyl (C=O) groups excluding carboxylic acids is 5. The molecule has 0 aliphatic heterocycles. The van der Waals surface area contributed by atoms with Crippen molar-refractivity contribution in [2.24, 2.45) is 7.05 Å². The maximum atomic E-state index is 12.8. The number of aromatic nitrogens is 20. The molecule has 115 heavy (non-hydrogen) atoms. The predicted molar refractivity (Wildman–Crippen MR) is 419 cm³/mol. The van der Waals surface area contributed by atoms with E-state index >= 15 is 0 Å². The van der Waals surface area contributed by atoms with Gasteiger partial charge in [0.05, 0.1) is 110 Å². The van der Waals surface area contributed by atoms with E-state index in [1.807, 2.05) is 13.0 Å². The molecule has 0 fully saturated rings. The summed E-state index contributed by atoms with van der Waals surface area (Å²) >= 11 is 8.22. The maximum absolute atomic E-state index is 12.8. The number of hydrogen-bond donors (Lipinski definition) is 0. The number of carbonyl (C=O) groups is 5. The number of ether oxygens (including phenoxy) is 6. The van der Waals surface area contributed by atoms with E-state index < -0.39 is 5.82 Å². The number of rotatable bonds is 26. The van der Waals surface area contributed by atoms with E-state index in [0.717, 1.165) is 25.2 Å². The van der Waals surface area contributed by atoms with E-state index in [1.165, 1.54) is 99.0 Å². The van der Waals surface area contributed by atoms with Gasteiger partial charge in [0.25, 0.3) is 0 Å². The molecule has 15 aromatic heterocycles. The van der Waals surface area contributed by atoms with Gasteiger partial charge in [-0.15, -0.1) is 11.3 Å². The largest absolute Gasteiger partial charge is 0.481 e. The molecule has 31 nitrogen and oxygen atoms in total. The second kappa shape index (κ2) is 42.1. The lowest BCUT2D eigenvalue weighted by Crippen LogP contribution is -2.07. The van der Waals surface area contributed by atoms with Crippen LogP contribution in [0.1, 0.15) is 86.1 Å². The lowest BCUT2D eigenvalue weighted by molar-refractivity contribution is 0.0978. The van der Waals surface area contributed by atoms with Gasteiger partial charge in [-0.3, -0.25) is 73.5 Å². The highest BCUT2D eigenvalue weighted by Gasteiger charge is 2.19. The number of Topliss-reactive ketones (excluding diaryl/α,β-unsaturated/α-hetero) is 5. The Hall–Kier alpha value is -14.5. The van der Waals surface area contributed by atoms with Crippen LogP contribution < -0.4 is 28.4 Å². The van der Waals surface area contributed by atoms with Crippen LogP contribution >= 0.6 is 43.2 Å². The molecule has 0 amide bonds. The fraction of sp³-hybridized carbons (Fsp3) is 0.100. The van der Waals surface area contributed by atoms with Crippen molar-refractivity contribution in [1.29, 1.82) is 0 Å². The quantitative estimate of drug-likeness (QED) is 0.0454. The van der Waals surface area contributed by atoms with Crippen molar-refractivity contribution in [3.63, 3.8) is 0 Å². The van der Waals surface area contributed by atoms with Crippen molar-refractivity contribution in [3.05, 3.63) is 334 Å². The Morgan fingerprint density at radius 3 is 1.20 bits per heavy atom. The molecule has 0 spiro atoms. The molecular formula is C80H61Br2FN20O11S. The van der Waals surface area contributed by atoms with Crippen LogP contribution in [-0.4, -0.2) is 136 Å². The zero-order valence-corrected chi connectivity index (χ0v) is 64.7. The number of pyridine rings is 10. The van der Waals surface area contributed by atoms with Crippen molar-refractivity contribution in [3.8, 4) is 63.4 Å². The smallest absolute Gasteiger partial charge is 0.213 e. The van der Waals surface area contributed by atoms with Gasteiger partial charge in [0.1, 0.15) is 105 Å². The molecule has 35 heteroatoms. The molecule has 0 saturated heterocycles. The Morgan fingerprint density at radius 2 is 0.809 bits per heavy atom. The number of hydrogen-bond acceptors (Lipinski definition) is 31. The summed E-state index contributed by atoms with van der Waals surface area (Å²) in [6.07, 6.45) is 32.5. The standard InChI is InChI=1S/C18H15N3O3.C16H11BrN4O2.C16H11FN4O2.C15H11BrN4O2S.C15H13N5O2/c1-23-18-6-2-4-13(21-18)10-17(22)16-11-14(7-9-20-16)24-15-5-3-8-19-12-15;17-11-1-3-20-12(5-11)6-16(22)15-7-13(2-4-21-15)23-14-8-18-10-19-9-14;17-11-1-2-12(21-7-11)5-16(22)15-6-13(3-4-20-15)23-14-8-18-10-19-9-14;1-9-15(16)23-14(20-9)5-13(21)12-4-10(2-3-19-12)22-11-6-17-8-18-7-11;1-20-10-18-15(19-20)8-14(21)13-7-11(4-6-17-13)22-12-3-2-5-16-9-12/h2-9,11-12H,10H2,1H3;1-5,7-10H,6H2;1-4,6-10H,5H2;2-4,6-8H,5H2,1H3;2-7,9-10H,8H2,1H3. The molecule has 0 aromatic carbocycles. The molecule has 0 aliphatic carbocycles. The van der Waals surface area contributed by atoms with E-state index in [2.05, 4.69) is 127 Å². The van der Waals surface area contributed by atoms with Crippen molar-refractivity contribution >= 4 is 72.1 Å². The maximum Gasteiger partial charge on any atom is 0.213 e. The molecule has 0 bridgehead atoms. The minimum absolute atomic E-state index is 0.0329. The van der Waals surface area contributed by atoms with Gasteiger partial charge in [-0.1, -0.05) is 22.0 Å². The fourth-order valence-corrected chi connectivity index (χ4v) is 11.4. The zero-order chi connectivity index (χ0) is 80.5. The molecule has 574 valence electrons. The molecule has 0 unspecified atom stereocenters. The third kappa shape index (κ3) is 26.6. The van der Waals surface area contributed by atoms with Gasteiger partial charge in [-0.2, -0.15) is 5.10 Å². The molecular weight excluding hydrogens is 1630 g/mol. The molecule has 0 saturated carbocycles. The summed E-state index contributed by atoms with van der Waals surface area (Å²) in [6, 6.07) is 35.0. The highest BCUT2D eigenvalue weighted by Crippen LogP contribution is 2.29. The third-order valence-electron chi connectivity index (χ3n) is 14.8. The topological polar surface area (TPSA) is 391 Å². The lowest BCUT2D eigenvalue weighted by Gasteiger charge is -2.06. The fourth-order valence-electron chi connectivity index (χ4n) is 9.57. The van der Waals surface area contributed by atoms with Crippen LogP contribution in [0.2, 0.25) is 0 Å². The van der Waals surface area contributed by atoms with Gasteiger partial charge in [0.2, 0.25) is 5.88 Å². The summed E-state index contributed by atoms with van der Waals surface area (Å²) in [6.45, 7) is 1.89. The Bertz CT molecular complexity index is 5710. The van der Waals surface area contributed by atoms with Crippen molar-refractivity contribution in [2.75, 3.05) is 7.11 Å². The Balaban J connectivity index is 0.000000142. The summed E-state index contributed by atoms with van der Waals surface area (Å²) < 4.78 is 49.3. The van der Waals surface area contributed by atoms with Crippen molar-refractivity contribution in [1.82, 2.24) is 99.5 Å². The molecule has 0 aliphatic rings. The first-order valence-corrected chi connectivity index (χ1v) is 36.5. The average Bonchev–Trinajstić information content (AvgIpc) is 0.987. The van der Waals surface area contributed by atoms with E-state index in [1.54, 1.807) is 177 Å². The Kier molecular flexibility index (Phi) is 29.8. The number of aryl methyl sites for hydroxylation is 2. The molecule has 15 rings (SSSR count). The molecule has 0 atom stereocenters. The van der Waals surface area contributed by atoms with Crippen LogP contribution in [0.4, 0.5) is 4.39 Å². The van der Waals surface area contributed by atoms with Crippen LogP contribution in [0.15, 0.2) is 266 Å². The van der Waals surface area contributed by atoms with Gasteiger partial charge in [-0.25, -0.2) is 49.2 Å². The molecule has 0 N–H and O–H groups in total. The van der Waals surface area contributed by atoms with Gasteiger partial charge < -0.3 is 28.4 Å². The van der Waals surface area contributed by atoms with E-state index in [9.17, 15) is 28.4 Å². The first kappa shape index (κ1) is 81.5. The normalized spacial score (nSPS) is 10.3. The predicted octanol–water partition coefficient (Wildman–Crippen LogP) is 14.4. The molecule has 15 heterocycles. The summed E-state index contributed by atoms with van der Waals surface area (Å²) in [4.78, 5) is 134. The zero-order valence-electron chi connectivity index (χ0n) is 60.8. The summed E-state index contributed by atoms with van der Waals surface area (Å²) in [5.74, 6) is 4.85. The monoisotopic (exact) mass is 1690 g/mol. The van der Waals surface area contributed by atoms with Gasteiger partial charge >= 0.3 is 0 Å². The Labute approximate surface area is 675 Å². The van der Waals surface area contributed by atoms with E-state index in [4.69, 9.17) is 28.4 Å². The van der Waals surface area contributed by atoms with Gasteiger partial charge in [0, 0.05) is 109 Å². The second-order valence-corrected chi connectivity index (χ2v) is 26.7. The van der Waals surface area contributed by atoms with Crippen LogP contribution in [0.3, 0.4) is 0 Å². The first-order valence-electron chi connectivity index (χ1n) is 34.1. The van der Waals surface area contributed by atoms with Crippen LogP contribution in [0.25, 0.3) is 0 Å². The van der Waals surface area contributed by atoms with Gasteiger partial charge in [-0.05, 0) is 108 Å². The highest BCUT2D eigenvalue weighted by atomic mass is 79.9. The average molecular weight is 1690 g/mol. The summed E-state index contributed by atoms with van der Waals surface area (Å²) in [5.41, 5.74) is 4.19. The SMILES string of the molecule is COc1cccc(CC(=O)c2cc(Oc3cccnc3)ccn2)n1.Cc1nc(CC(=O)c2cc(Oc3cncnc3)ccn2)sc1Br.Cn1cnc(CC(=O)c2cc(Oc3cccnc3)ccn2)n1.O=C(Cc1cc(Br)ccn1)c1cc(Oc2cncnc2)ccn1.O=C(Cc1ccc(F)cn1)c1cc(Oc2cncnc2)ccn1. The van der Waals surface area contributed by atoms with Crippen LogP contribution in [0, 0.1) is 12.7 Å². The van der Waals surface area contributed by atoms with Crippen LogP contribution in [-0.2, 0) is 39.2 Å². The summed E-state index contributed by atoms with van der Waals surface area (Å²) in [7, 11) is 3.29.